The highest BCUT2D eigenvalue weighted by Crippen LogP contribution is 2.34. The van der Waals surface area contributed by atoms with Gasteiger partial charge in [-0.05, 0) is 37.1 Å². The standard InChI is InChI=1S/C19H20F3N3O/c20-19(21,22)15-8-4-5-9-16(15)25-18(26)13-10-11-23-17(12-13)24-14-6-2-1-3-7-14/h4-5,8-12,14H,1-3,6-7H2,(H,23,24)(H,25,26). The highest BCUT2D eigenvalue weighted by Gasteiger charge is 2.33. The molecule has 1 saturated carbocycles. The highest BCUT2D eigenvalue weighted by molar-refractivity contribution is 6.05. The molecule has 3 rings (SSSR count). The normalized spacial score (nSPS) is 15.5. The lowest BCUT2D eigenvalue weighted by molar-refractivity contribution is -0.136. The molecule has 2 aromatic rings. The number of hydrogen-bond donors (Lipinski definition) is 2. The molecule has 0 aliphatic heterocycles. The molecule has 4 nitrogen and oxygen atoms in total. The number of alkyl halides is 3. The maximum Gasteiger partial charge on any atom is 0.418 e. The number of hydrogen-bond acceptors (Lipinski definition) is 3. The molecule has 0 spiro atoms. The van der Waals surface area contributed by atoms with Gasteiger partial charge in [0.15, 0.2) is 0 Å². The van der Waals surface area contributed by atoms with Crippen molar-refractivity contribution in [1.29, 1.82) is 0 Å². The van der Waals surface area contributed by atoms with Gasteiger partial charge in [0.05, 0.1) is 11.3 Å². The van der Waals surface area contributed by atoms with Gasteiger partial charge in [0.25, 0.3) is 5.91 Å². The Morgan fingerprint density at radius 2 is 1.81 bits per heavy atom. The van der Waals surface area contributed by atoms with Gasteiger partial charge in [-0.1, -0.05) is 31.4 Å². The first kappa shape index (κ1) is 18.2. The number of rotatable bonds is 4. The second kappa shape index (κ2) is 7.76. The zero-order valence-corrected chi connectivity index (χ0v) is 14.1. The minimum Gasteiger partial charge on any atom is -0.367 e. The maximum atomic E-state index is 13.1. The zero-order valence-electron chi connectivity index (χ0n) is 14.1. The van der Waals surface area contributed by atoms with E-state index < -0.39 is 17.6 Å². The summed E-state index contributed by atoms with van der Waals surface area (Å²) in [5, 5.41) is 5.65. The van der Waals surface area contributed by atoms with Crippen LogP contribution < -0.4 is 10.6 Å². The zero-order chi connectivity index (χ0) is 18.6. The lowest BCUT2D eigenvalue weighted by Crippen LogP contribution is -2.23. The molecule has 1 aliphatic rings. The minimum absolute atomic E-state index is 0.260. The van der Waals surface area contributed by atoms with Gasteiger partial charge in [-0.25, -0.2) is 4.98 Å². The van der Waals surface area contributed by atoms with Gasteiger partial charge in [0, 0.05) is 17.8 Å². The molecule has 1 aromatic heterocycles. The van der Waals surface area contributed by atoms with Crippen LogP contribution in [0.5, 0.6) is 0 Å². The molecule has 7 heteroatoms. The van der Waals surface area contributed by atoms with Gasteiger partial charge < -0.3 is 10.6 Å². The predicted molar refractivity (Wildman–Crippen MR) is 94.1 cm³/mol. The lowest BCUT2D eigenvalue weighted by Gasteiger charge is -2.23. The molecule has 1 aliphatic carbocycles. The number of nitrogens with one attached hydrogen (secondary N) is 2. The molecule has 138 valence electrons. The summed E-state index contributed by atoms with van der Waals surface area (Å²) in [4.78, 5) is 16.6. The number of halogens is 3. The van der Waals surface area contributed by atoms with E-state index in [1.54, 1.807) is 6.07 Å². The van der Waals surface area contributed by atoms with E-state index in [1.165, 1.54) is 36.9 Å². The summed E-state index contributed by atoms with van der Waals surface area (Å²) in [7, 11) is 0. The summed E-state index contributed by atoms with van der Waals surface area (Å²) >= 11 is 0. The van der Waals surface area contributed by atoms with Crippen molar-refractivity contribution < 1.29 is 18.0 Å². The van der Waals surface area contributed by atoms with Crippen LogP contribution in [0.15, 0.2) is 42.6 Å². The third kappa shape index (κ3) is 4.53. The number of pyridine rings is 1. The van der Waals surface area contributed by atoms with Crippen molar-refractivity contribution in [3.05, 3.63) is 53.7 Å². The molecule has 0 saturated heterocycles. The molecule has 0 bridgehead atoms. The Morgan fingerprint density at radius 1 is 1.08 bits per heavy atom. The third-order valence-electron chi connectivity index (χ3n) is 4.46. The van der Waals surface area contributed by atoms with E-state index >= 15 is 0 Å². The monoisotopic (exact) mass is 363 g/mol. The number of carbonyl (C=O) groups is 1. The summed E-state index contributed by atoms with van der Waals surface area (Å²) in [5.41, 5.74) is -0.873. The minimum atomic E-state index is -4.53. The quantitative estimate of drug-likeness (QED) is 0.795. The van der Waals surface area contributed by atoms with Crippen LogP contribution in [0.4, 0.5) is 24.7 Å². The van der Waals surface area contributed by atoms with Crippen molar-refractivity contribution in [3.63, 3.8) is 0 Å². The van der Waals surface area contributed by atoms with Gasteiger partial charge in [-0.2, -0.15) is 13.2 Å². The lowest BCUT2D eigenvalue weighted by atomic mass is 9.95. The van der Waals surface area contributed by atoms with Crippen LogP contribution in [-0.2, 0) is 6.18 Å². The van der Waals surface area contributed by atoms with Crippen molar-refractivity contribution in [2.75, 3.05) is 10.6 Å². The van der Waals surface area contributed by atoms with E-state index in [9.17, 15) is 18.0 Å². The number of carbonyl (C=O) groups excluding carboxylic acids is 1. The van der Waals surface area contributed by atoms with Crippen LogP contribution in [0.2, 0.25) is 0 Å². The van der Waals surface area contributed by atoms with Crippen LogP contribution in [0.1, 0.15) is 48.0 Å². The van der Waals surface area contributed by atoms with Crippen molar-refractivity contribution in [3.8, 4) is 0 Å². The molecule has 0 radical (unpaired) electrons. The number of anilines is 2. The summed E-state index contributed by atoms with van der Waals surface area (Å²) in [6.07, 6.45) is 2.60. The second-order valence-corrected chi connectivity index (χ2v) is 6.41. The molecule has 2 N–H and O–H groups in total. The first-order chi connectivity index (χ1) is 12.4. The van der Waals surface area contributed by atoms with Gasteiger partial charge in [0.2, 0.25) is 0 Å². The molecular formula is C19H20F3N3O. The fourth-order valence-electron chi connectivity index (χ4n) is 3.14. The van der Waals surface area contributed by atoms with E-state index in [-0.39, 0.29) is 11.3 Å². The first-order valence-corrected chi connectivity index (χ1v) is 8.63. The molecule has 1 aromatic carbocycles. The largest absolute Gasteiger partial charge is 0.418 e. The van der Waals surface area contributed by atoms with Crippen molar-refractivity contribution in [2.24, 2.45) is 0 Å². The Hall–Kier alpha value is -2.57. The number of nitrogens with zero attached hydrogens (tertiary/aromatic N) is 1. The Labute approximate surface area is 149 Å². The van der Waals surface area contributed by atoms with Crippen LogP contribution in [-0.4, -0.2) is 16.9 Å². The third-order valence-corrected chi connectivity index (χ3v) is 4.46. The number of benzene rings is 1. The van der Waals surface area contributed by atoms with Crippen LogP contribution in [0.3, 0.4) is 0 Å². The summed E-state index contributed by atoms with van der Waals surface area (Å²) in [6.45, 7) is 0. The molecular weight excluding hydrogens is 343 g/mol. The summed E-state index contributed by atoms with van der Waals surface area (Å²) < 4.78 is 39.2. The molecule has 1 amide bonds. The topological polar surface area (TPSA) is 54.0 Å². The van der Waals surface area contributed by atoms with Gasteiger partial charge in [-0.3, -0.25) is 4.79 Å². The van der Waals surface area contributed by atoms with E-state index in [0.717, 1.165) is 31.7 Å². The van der Waals surface area contributed by atoms with Crippen LogP contribution >= 0.6 is 0 Å². The molecule has 0 atom stereocenters. The summed E-state index contributed by atoms with van der Waals surface area (Å²) in [5.74, 6) is -0.0375. The second-order valence-electron chi connectivity index (χ2n) is 6.41. The van der Waals surface area contributed by atoms with Crippen LogP contribution in [0.25, 0.3) is 0 Å². The SMILES string of the molecule is O=C(Nc1ccccc1C(F)(F)F)c1ccnc(NC2CCCCC2)c1. The molecule has 0 unspecified atom stereocenters. The average Bonchev–Trinajstić information content (AvgIpc) is 2.62. The van der Waals surface area contributed by atoms with Crippen molar-refractivity contribution >= 4 is 17.4 Å². The van der Waals surface area contributed by atoms with E-state index in [4.69, 9.17) is 0 Å². The summed E-state index contributed by atoms with van der Waals surface area (Å²) in [6, 6.07) is 8.30. The smallest absolute Gasteiger partial charge is 0.367 e. The molecule has 1 heterocycles. The highest BCUT2D eigenvalue weighted by atomic mass is 19.4. The average molecular weight is 363 g/mol. The van der Waals surface area contributed by atoms with E-state index in [0.29, 0.717) is 11.9 Å². The Bertz CT molecular complexity index is 771. The maximum absolute atomic E-state index is 13.1. The first-order valence-electron chi connectivity index (χ1n) is 8.63. The fraction of sp³-hybridized carbons (Fsp3) is 0.368. The Balaban J connectivity index is 1.73. The van der Waals surface area contributed by atoms with Crippen molar-refractivity contribution in [1.82, 2.24) is 4.98 Å². The van der Waals surface area contributed by atoms with Crippen molar-refractivity contribution in [2.45, 2.75) is 44.3 Å². The Morgan fingerprint density at radius 3 is 2.54 bits per heavy atom. The van der Waals surface area contributed by atoms with Gasteiger partial charge >= 0.3 is 6.18 Å². The number of para-hydroxylation sites is 1. The fourth-order valence-corrected chi connectivity index (χ4v) is 3.14. The van der Waals surface area contributed by atoms with E-state index in [2.05, 4.69) is 15.6 Å². The van der Waals surface area contributed by atoms with E-state index in [1.807, 2.05) is 0 Å². The van der Waals surface area contributed by atoms with Gasteiger partial charge in [0.1, 0.15) is 5.82 Å². The van der Waals surface area contributed by atoms with Crippen LogP contribution in [0, 0.1) is 0 Å². The predicted octanol–water partition coefficient (Wildman–Crippen LogP) is 5.10. The number of amides is 1. The Kier molecular flexibility index (Phi) is 5.44. The van der Waals surface area contributed by atoms with Gasteiger partial charge in [-0.15, -0.1) is 0 Å². The molecule has 1 fully saturated rings. The molecule has 26 heavy (non-hydrogen) atoms. The number of aromatic nitrogens is 1.